The van der Waals surface area contributed by atoms with Crippen LogP contribution in [0.1, 0.15) is 19.8 Å². The zero-order valence-corrected chi connectivity index (χ0v) is 8.93. The van der Waals surface area contributed by atoms with E-state index >= 15 is 0 Å². The maximum atomic E-state index is 4.36. The molecule has 15 heavy (non-hydrogen) atoms. The van der Waals surface area contributed by atoms with E-state index in [0.29, 0.717) is 0 Å². The van der Waals surface area contributed by atoms with E-state index in [0.717, 1.165) is 17.8 Å². The fraction of sp³-hybridized carbons (Fsp3) is 0.333. The fourth-order valence-corrected chi connectivity index (χ4v) is 1.49. The Labute approximate surface area is 89.8 Å². The molecule has 0 unspecified atom stereocenters. The van der Waals surface area contributed by atoms with Crippen LogP contribution in [-0.4, -0.2) is 14.5 Å². The maximum Gasteiger partial charge on any atom is 0.0953 e. The highest BCUT2D eigenvalue weighted by Crippen LogP contribution is 2.14. The lowest BCUT2D eigenvalue weighted by molar-refractivity contribution is 0.631. The quantitative estimate of drug-likeness (QED) is 0.761. The van der Waals surface area contributed by atoms with Crippen LogP contribution in [0.5, 0.6) is 0 Å². The summed E-state index contributed by atoms with van der Waals surface area (Å²) in [5.74, 6) is 0. The van der Waals surface area contributed by atoms with Gasteiger partial charge in [0.05, 0.1) is 12.0 Å². The van der Waals surface area contributed by atoms with E-state index in [9.17, 15) is 0 Å². The summed E-state index contributed by atoms with van der Waals surface area (Å²) in [5, 5.41) is 0. The Morgan fingerprint density at radius 1 is 1.40 bits per heavy atom. The molecule has 0 N–H and O–H groups in total. The summed E-state index contributed by atoms with van der Waals surface area (Å²) in [6.07, 6.45) is 9.98. The van der Waals surface area contributed by atoms with Crippen molar-refractivity contribution in [1.29, 1.82) is 0 Å². The number of hydrogen-bond acceptors (Lipinski definition) is 2. The van der Waals surface area contributed by atoms with Crippen molar-refractivity contribution in [1.82, 2.24) is 14.5 Å². The number of hydrogen-bond donors (Lipinski definition) is 0. The predicted molar refractivity (Wildman–Crippen MR) is 60.4 cm³/mol. The summed E-state index contributed by atoms with van der Waals surface area (Å²) in [6.45, 7) is 3.24. The molecule has 0 spiro atoms. The number of pyridine rings is 1. The molecule has 0 fully saturated rings. The summed E-state index contributed by atoms with van der Waals surface area (Å²) in [5.41, 5.74) is 2.08. The number of aryl methyl sites for hydroxylation is 1. The molecule has 0 atom stereocenters. The van der Waals surface area contributed by atoms with Gasteiger partial charge in [-0.05, 0) is 18.6 Å². The van der Waals surface area contributed by atoms with Crippen LogP contribution in [0.3, 0.4) is 0 Å². The topological polar surface area (TPSA) is 30.7 Å². The fourth-order valence-electron chi connectivity index (χ4n) is 1.49. The minimum atomic E-state index is 0.999. The minimum absolute atomic E-state index is 0.999. The van der Waals surface area contributed by atoms with E-state index < -0.39 is 0 Å². The van der Waals surface area contributed by atoms with Crippen molar-refractivity contribution < 1.29 is 0 Å². The van der Waals surface area contributed by atoms with Crippen LogP contribution in [-0.2, 0) is 6.54 Å². The second-order valence-electron chi connectivity index (χ2n) is 3.59. The number of unbranched alkanes of at least 4 members (excludes halogenated alkanes) is 1. The average molecular weight is 201 g/mol. The molecule has 0 aliphatic heterocycles. The number of nitrogens with zero attached hydrogens (tertiary/aromatic N) is 3. The monoisotopic (exact) mass is 201 g/mol. The highest BCUT2D eigenvalue weighted by Gasteiger charge is 2.00. The summed E-state index contributed by atoms with van der Waals surface area (Å²) >= 11 is 0. The number of aromatic nitrogens is 3. The first kappa shape index (κ1) is 9.90. The van der Waals surface area contributed by atoms with Crippen molar-refractivity contribution in [2.45, 2.75) is 26.3 Å². The average Bonchev–Trinajstić information content (AvgIpc) is 2.76. The lowest BCUT2D eigenvalue weighted by atomic mass is 10.2. The van der Waals surface area contributed by atoms with Crippen LogP contribution >= 0.6 is 0 Å². The van der Waals surface area contributed by atoms with E-state index in [4.69, 9.17) is 0 Å². The van der Waals surface area contributed by atoms with Crippen molar-refractivity contribution >= 4 is 0 Å². The molecule has 2 heterocycles. The second-order valence-corrected chi connectivity index (χ2v) is 3.59. The smallest absolute Gasteiger partial charge is 0.0953 e. The van der Waals surface area contributed by atoms with Gasteiger partial charge in [-0.25, -0.2) is 4.98 Å². The molecule has 0 saturated carbocycles. The first-order chi connectivity index (χ1) is 7.40. The molecule has 0 saturated heterocycles. The van der Waals surface area contributed by atoms with Gasteiger partial charge in [-0.1, -0.05) is 13.3 Å². The molecule has 2 rings (SSSR count). The van der Waals surface area contributed by atoms with Crippen LogP contribution in [0.25, 0.3) is 11.3 Å². The van der Waals surface area contributed by atoms with Crippen molar-refractivity contribution in [3.8, 4) is 11.3 Å². The van der Waals surface area contributed by atoms with Gasteiger partial charge in [-0.3, -0.25) is 4.98 Å². The lowest BCUT2D eigenvalue weighted by Gasteiger charge is -1.98. The predicted octanol–water partition coefficient (Wildman–Crippen LogP) is 2.75. The van der Waals surface area contributed by atoms with Gasteiger partial charge in [0.2, 0.25) is 0 Å². The van der Waals surface area contributed by atoms with Gasteiger partial charge >= 0.3 is 0 Å². The third kappa shape index (κ3) is 2.43. The van der Waals surface area contributed by atoms with Crippen LogP contribution in [0.4, 0.5) is 0 Å². The van der Waals surface area contributed by atoms with Crippen LogP contribution in [0.2, 0.25) is 0 Å². The van der Waals surface area contributed by atoms with E-state index in [2.05, 4.69) is 27.7 Å². The number of imidazole rings is 1. The summed E-state index contributed by atoms with van der Waals surface area (Å²) in [6, 6.07) is 3.96. The molecule has 0 bridgehead atoms. The lowest BCUT2D eigenvalue weighted by Crippen LogP contribution is -1.92. The molecule has 0 aromatic carbocycles. The summed E-state index contributed by atoms with van der Waals surface area (Å²) in [7, 11) is 0. The molecule has 0 radical (unpaired) electrons. The van der Waals surface area contributed by atoms with E-state index in [-0.39, 0.29) is 0 Å². The Morgan fingerprint density at radius 3 is 3.07 bits per heavy atom. The standard InChI is InChI=1S/C12H15N3/c1-2-3-7-15-9-12(14-10-15)11-5-4-6-13-8-11/h4-6,8-10H,2-3,7H2,1H3. The zero-order chi connectivity index (χ0) is 10.5. The van der Waals surface area contributed by atoms with Gasteiger partial charge in [-0.2, -0.15) is 0 Å². The normalized spacial score (nSPS) is 10.5. The molecule has 3 heteroatoms. The van der Waals surface area contributed by atoms with Gasteiger partial charge in [0.25, 0.3) is 0 Å². The SMILES string of the molecule is CCCCn1cnc(-c2cccnc2)c1. The molecular weight excluding hydrogens is 186 g/mol. The van der Waals surface area contributed by atoms with E-state index in [1.54, 1.807) is 6.20 Å². The summed E-state index contributed by atoms with van der Waals surface area (Å²) < 4.78 is 2.13. The molecule has 0 aliphatic carbocycles. The van der Waals surface area contributed by atoms with Crippen molar-refractivity contribution in [2.75, 3.05) is 0 Å². The number of rotatable bonds is 4. The van der Waals surface area contributed by atoms with Gasteiger partial charge in [0.15, 0.2) is 0 Å². The Morgan fingerprint density at radius 2 is 2.33 bits per heavy atom. The third-order valence-corrected chi connectivity index (χ3v) is 2.36. The Kier molecular flexibility index (Phi) is 3.12. The molecule has 2 aromatic rings. The van der Waals surface area contributed by atoms with Gasteiger partial charge in [0, 0.05) is 30.7 Å². The largest absolute Gasteiger partial charge is 0.337 e. The van der Waals surface area contributed by atoms with Gasteiger partial charge < -0.3 is 4.57 Å². The van der Waals surface area contributed by atoms with Crippen molar-refractivity contribution in [3.63, 3.8) is 0 Å². The molecule has 3 nitrogen and oxygen atoms in total. The Balaban J connectivity index is 2.14. The van der Waals surface area contributed by atoms with E-state index in [1.807, 2.05) is 24.7 Å². The van der Waals surface area contributed by atoms with Gasteiger partial charge in [-0.15, -0.1) is 0 Å². The maximum absolute atomic E-state index is 4.36. The Bertz CT molecular complexity index is 406. The van der Waals surface area contributed by atoms with Crippen LogP contribution in [0.15, 0.2) is 37.1 Å². The molecule has 0 amide bonds. The second kappa shape index (κ2) is 4.73. The third-order valence-electron chi connectivity index (χ3n) is 2.36. The molecule has 2 aromatic heterocycles. The molecule has 0 aliphatic rings. The minimum Gasteiger partial charge on any atom is -0.337 e. The first-order valence-electron chi connectivity index (χ1n) is 5.32. The Hall–Kier alpha value is -1.64. The van der Waals surface area contributed by atoms with Gasteiger partial charge in [0.1, 0.15) is 0 Å². The first-order valence-corrected chi connectivity index (χ1v) is 5.32. The summed E-state index contributed by atoms with van der Waals surface area (Å²) in [4.78, 5) is 8.45. The van der Waals surface area contributed by atoms with Crippen molar-refractivity contribution in [3.05, 3.63) is 37.1 Å². The molecular formula is C12H15N3. The van der Waals surface area contributed by atoms with E-state index in [1.165, 1.54) is 12.8 Å². The molecule has 78 valence electrons. The van der Waals surface area contributed by atoms with Crippen LogP contribution < -0.4 is 0 Å². The highest BCUT2D eigenvalue weighted by molar-refractivity contribution is 5.56. The van der Waals surface area contributed by atoms with Crippen molar-refractivity contribution in [2.24, 2.45) is 0 Å². The highest BCUT2D eigenvalue weighted by atomic mass is 15.0. The van der Waals surface area contributed by atoms with Crippen LogP contribution in [0, 0.1) is 0 Å². The zero-order valence-electron chi connectivity index (χ0n) is 8.93.